The van der Waals surface area contributed by atoms with Gasteiger partial charge in [0.1, 0.15) is 0 Å². The lowest BCUT2D eigenvalue weighted by molar-refractivity contribution is 0.0667. The van der Waals surface area contributed by atoms with E-state index >= 15 is 0 Å². The standard InChI is InChI=1S/C14H27NO2/c16-11-14(7-2-1-3-8-14)10-15-12-5-4-6-13(17)9-12/h12-13,15-17H,1-11H2. The molecule has 2 unspecified atom stereocenters. The SMILES string of the molecule is OCC1(CNC2CCCC(O)C2)CCCCC1. The van der Waals surface area contributed by atoms with Gasteiger partial charge in [-0.25, -0.2) is 0 Å². The van der Waals surface area contributed by atoms with Crippen molar-refractivity contribution in [3.63, 3.8) is 0 Å². The Hall–Kier alpha value is -0.120. The molecule has 2 aliphatic rings. The molecule has 0 spiro atoms. The highest BCUT2D eigenvalue weighted by Crippen LogP contribution is 2.35. The highest BCUT2D eigenvalue weighted by Gasteiger charge is 2.32. The van der Waals surface area contributed by atoms with Gasteiger partial charge in [0.25, 0.3) is 0 Å². The quantitative estimate of drug-likeness (QED) is 0.704. The molecule has 2 rings (SSSR count). The van der Waals surface area contributed by atoms with Crippen LogP contribution in [0.4, 0.5) is 0 Å². The van der Waals surface area contributed by atoms with Crippen LogP contribution in [-0.4, -0.2) is 35.5 Å². The molecular formula is C14H27NO2. The van der Waals surface area contributed by atoms with Crippen molar-refractivity contribution in [3.8, 4) is 0 Å². The summed E-state index contributed by atoms with van der Waals surface area (Å²) < 4.78 is 0. The maximum absolute atomic E-state index is 9.65. The minimum Gasteiger partial charge on any atom is -0.396 e. The van der Waals surface area contributed by atoms with Crippen LogP contribution in [-0.2, 0) is 0 Å². The highest BCUT2D eigenvalue weighted by molar-refractivity contribution is 4.87. The van der Waals surface area contributed by atoms with Crippen LogP contribution in [0.2, 0.25) is 0 Å². The van der Waals surface area contributed by atoms with Gasteiger partial charge in [0.15, 0.2) is 0 Å². The second-order valence-corrected chi connectivity index (χ2v) is 6.12. The Morgan fingerprint density at radius 3 is 2.47 bits per heavy atom. The summed E-state index contributed by atoms with van der Waals surface area (Å²) in [5.41, 5.74) is 0.126. The van der Waals surface area contributed by atoms with Crippen LogP contribution in [0, 0.1) is 5.41 Å². The molecule has 0 heterocycles. The van der Waals surface area contributed by atoms with Crippen LogP contribution in [0.5, 0.6) is 0 Å². The van der Waals surface area contributed by atoms with Crippen molar-refractivity contribution in [1.82, 2.24) is 5.32 Å². The molecule has 0 aliphatic heterocycles. The van der Waals surface area contributed by atoms with Gasteiger partial charge in [-0.15, -0.1) is 0 Å². The smallest absolute Gasteiger partial charge is 0.0555 e. The maximum atomic E-state index is 9.65. The normalized spacial score (nSPS) is 33.5. The zero-order valence-corrected chi connectivity index (χ0v) is 10.8. The van der Waals surface area contributed by atoms with Gasteiger partial charge in [0.2, 0.25) is 0 Å². The Bertz CT molecular complexity index is 226. The fourth-order valence-electron chi connectivity index (χ4n) is 3.40. The average Bonchev–Trinajstić information content (AvgIpc) is 2.38. The Morgan fingerprint density at radius 2 is 1.82 bits per heavy atom. The first-order valence-electron chi connectivity index (χ1n) is 7.26. The number of aliphatic hydroxyl groups excluding tert-OH is 2. The Kier molecular flexibility index (Phi) is 4.83. The Morgan fingerprint density at radius 1 is 1.06 bits per heavy atom. The summed E-state index contributed by atoms with van der Waals surface area (Å²) >= 11 is 0. The van der Waals surface area contributed by atoms with Gasteiger partial charge in [-0.05, 0) is 38.5 Å². The minimum absolute atomic E-state index is 0.113. The second kappa shape index (κ2) is 6.17. The lowest BCUT2D eigenvalue weighted by Crippen LogP contribution is -2.45. The van der Waals surface area contributed by atoms with Crippen LogP contribution in [0.25, 0.3) is 0 Å². The van der Waals surface area contributed by atoms with Gasteiger partial charge in [-0.2, -0.15) is 0 Å². The topological polar surface area (TPSA) is 52.5 Å². The van der Waals surface area contributed by atoms with E-state index in [4.69, 9.17) is 0 Å². The lowest BCUT2D eigenvalue weighted by atomic mass is 9.74. The van der Waals surface area contributed by atoms with Crippen LogP contribution < -0.4 is 5.32 Å². The molecule has 0 radical (unpaired) electrons. The van der Waals surface area contributed by atoms with Crippen LogP contribution in [0.1, 0.15) is 57.8 Å². The third-order valence-electron chi connectivity index (χ3n) is 4.66. The summed E-state index contributed by atoms with van der Waals surface area (Å²) in [6, 6.07) is 0.462. The van der Waals surface area contributed by atoms with Gasteiger partial charge in [-0.1, -0.05) is 19.3 Å². The van der Waals surface area contributed by atoms with Crippen LogP contribution >= 0.6 is 0 Å². The number of aliphatic hydroxyl groups is 2. The summed E-state index contributed by atoms with van der Waals surface area (Å²) in [6.07, 6.45) is 10.2. The molecular weight excluding hydrogens is 214 g/mol. The van der Waals surface area contributed by atoms with Gasteiger partial charge in [0, 0.05) is 24.6 Å². The van der Waals surface area contributed by atoms with Gasteiger partial charge in [-0.3, -0.25) is 0 Å². The second-order valence-electron chi connectivity index (χ2n) is 6.12. The molecule has 100 valence electrons. The first-order chi connectivity index (χ1) is 8.24. The molecule has 2 aliphatic carbocycles. The summed E-state index contributed by atoms with van der Waals surface area (Å²) in [5.74, 6) is 0. The lowest BCUT2D eigenvalue weighted by Gasteiger charge is -2.38. The van der Waals surface area contributed by atoms with E-state index in [0.717, 1.165) is 38.6 Å². The molecule has 3 N–H and O–H groups in total. The van der Waals surface area contributed by atoms with E-state index in [-0.39, 0.29) is 11.5 Å². The molecule has 3 nitrogen and oxygen atoms in total. The molecule has 2 atom stereocenters. The van der Waals surface area contributed by atoms with Gasteiger partial charge in [0.05, 0.1) is 6.10 Å². The van der Waals surface area contributed by atoms with Crippen molar-refractivity contribution in [3.05, 3.63) is 0 Å². The fourth-order valence-corrected chi connectivity index (χ4v) is 3.40. The molecule has 0 saturated heterocycles. The van der Waals surface area contributed by atoms with Crippen molar-refractivity contribution in [2.75, 3.05) is 13.2 Å². The van der Waals surface area contributed by atoms with Crippen molar-refractivity contribution >= 4 is 0 Å². The van der Waals surface area contributed by atoms with Crippen molar-refractivity contribution in [1.29, 1.82) is 0 Å². The van der Waals surface area contributed by atoms with E-state index in [1.54, 1.807) is 0 Å². The third-order valence-corrected chi connectivity index (χ3v) is 4.66. The average molecular weight is 241 g/mol. The molecule has 17 heavy (non-hydrogen) atoms. The maximum Gasteiger partial charge on any atom is 0.0555 e. The third kappa shape index (κ3) is 3.67. The zero-order valence-electron chi connectivity index (χ0n) is 10.8. The first-order valence-corrected chi connectivity index (χ1v) is 7.26. The molecule has 2 fully saturated rings. The summed E-state index contributed by atoms with van der Waals surface area (Å²) in [4.78, 5) is 0. The molecule has 0 aromatic carbocycles. The summed E-state index contributed by atoms with van der Waals surface area (Å²) in [5, 5.41) is 22.9. The molecule has 0 aromatic heterocycles. The predicted molar refractivity (Wildman–Crippen MR) is 68.9 cm³/mol. The highest BCUT2D eigenvalue weighted by atomic mass is 16.3. The van der Waals surface area contributed by atoms with Crippen LogP contribution in [0.3, 0.4) is 0 Å². The monoisotopic (exact) mass is 241 g/mol. The first kappa shape index (κ1) is 13.3. The number of hydrogen-bond acceptors (Lipinski definition) is 3. The zero-order chi connectivity index (χ0) is 12.1. The summed E-state index contributed by atoms with van der Waals surface area (Å²) in [7, 11) is 0. The van der Waals surface area contributed by atoms with E-state index in [1.165, 1.54) is 25.7 Å². The van der Waals surface area contributed by atoms with E-state index in [2.05, 4.69) is 5.32 Å². The van der Waals surface area contributed by atoms with Gasteiger partial charge >= 0.3 is 0 Å². The molecule has 2 saturated carbocycles. The van der Waals surface area contributed by atoms with E-state index in [1.807, 2.05) is 0 Å². The number of hydrogen-bond donors (Lipinski definition) is 3. The number of nitrogens with one attached hydrogen (secondary N) is 1. The van der Waals surface area contributed by atoms with Crippen LogP contribution in [0.15, 0.2) is 0 Å². The molecule has 0 amide bonds. The predicted octanol–water partition coefficient (Wildman–Crippen LogP) is 1.82. The minimum atomic E-state index is -0.113. The van der Waals surface area contributed by atoms with E-state index in [9.17, 15) is 10.2 Å². The van der Waals surface area contributed by atoms with Crippen molar-refractivity contribution < 1.29 is 10.2 Å². The van der Waals surface area contributed by atoms with Crippen molar-refractivity contribution in [2.24, 2.45) is 5.41 Å². The Balaban J connectivity index is 1.78. The Labute approximate surface area is 105 Å². The van der Waals surface area contributed by atoms with Gasteiger partial charge < -0.3 is 15.5 Å². The fraction of sp³-hybridized carbons (Fsp3) is 1.00. The number of rotatable bonds is 4. The largest absolute Gasteiger partial charge is 0.396 e. The molecule has 0 bridgehead atoms. The van der Waals surface area contributed by atoms with E-state index < -0.39 is 0 Å². The summed E-state index contributed by atoms with van der Waals surface area (Å²) in [6.45, 7) is 1.25. The molecule has 3 heteroatoms. The van der Waals surface area contributed by atoms with E-state index in [0.29, 0.717) is 12.6 Å². The van der Waals surface area contributed by atoms with Crippen molar-refractivity contribution in [2.45, 2.75) is 69.9 Å². The molecule has 0 aromatic rings.